The Morgan fingerprint density at radius 3 is 3.04 bits per heavy atom. The van der Waals surface area contributed by atoms with Crippen molar-refractivity contribution in [2.24, 2.45) is 12.8 Å². The van der Waals surface area contributed by atoms with E-state index in [1.165, 1.54) is 6.42 Å². The minimum absolute atomic E-state index is 0.217. The third-order valence-corrected chi connectivity index (χ3v) is 5.42. The molecule has 24 heavy (non-hydrogen) atoms. The van der Waals surface area contributed by atoms with Crippen LogP contribution in [0.15, 0.2) is 15.6 Å². The van der Waals surface area contributed by atoms with Gasteiger partial charge in [-0.3, -0.25) is 4.79 Å². The summed E-state index contributed by atoms with van der Waals surface area (Å²) < 4.78 is 7.58. The zero-order valence-corrected chi connectivity index (χ0v) is 14.9. The average Bonchev–Trinajstić information content (AvgIpc) is 3.17. The molecule has 2 aromatic heterocycles. The van der Waals surface area contributed by atoms with Gasteiger partial charge in [-0.2, -0.15) is 0 Å². The number of aryl methyl sites for hydroxylation is 1. The van der Waals surface area contributed by atoms with Gasteiger partial charge in [0.1, 0.15) is 11.6 Å². The van der Waals surface area contributed by atoms with E-state index in [4.69, 9.17) is 10.2 Å². The predicted octanol–water partition coefficient (Wildman–Crippen LogP) is 1.83. The molecule has 0 aliphatic carbocycles. The van der Waals surface area contributed by atoms with Crippen molar-refractivity contribution < 1.29 is 9.21 Å². The standard InChI is InChI=1S/C16H23N5O2S/c1-3-12-11(7-13(23-12)14(17)22)9-24-16-20-19-15(21(16)2)10-5-4-6-18-8-10/h7,10,18H,3-6,8-9H2,1-2H3,(H2,17,22)/t10-/m0/s1. The fourth-order valence-corrected chi connectivity index (χ4v) is 3.95. The minimum atomic E-state index is -0.535. The van der Waals surface area contributed by atoms with Gasteiger partial charge in [0.25, 0.3) is 5.91 Å². The van der Waals surface area contributed by atoms with Crippen LogP contribution in [0.1, 0.15) is 53.4 Å². The van der Waals surface area contributed by atoms with Crippen LogP contribution in [0.4, 0.5) is 0 Å². The maximum absolute atomic E-state index is 11.3. The van der Waals surface area contributed by atoms with Gasteiger partial charge in [0.15, 0.2) is 10.9 Å². The van der Waals surface area contributed by atoms with Gasteiger partial charge >= 0.3 is 0 Å². The molecule has 8 heteroatoms. The van der Waals surface area contributed by atoms with Gasteiger partial charge in [0.2, 0.25) is 0 Å². The lowest BCUT2D eigenvalue weighted by Gasteiger charge is -2.21. The predicted molar refractivity (Wildman–Crippen MR) is 92.0 cm³/mol. The van der Waals surface area contributed by atoms with Crippen LogP contribution >= 0.6 is 11.8 Å². The second kappa shape index (κ2) is 7.40. The molecule has 1 amide bonds. The number of nitrogens with one attached hydrogen (secondary N) is 1. The molecule has 0 bridgehead atoms. The normalized spacial score (nSPS) is 18.0. The fraction of sp³-hybridized carbons (Fsp3) is 0.562. The molecule has 2 aromatic rings. The molecule has 7 nitrogen and oxygen atoms in total. The van der Waals surface area contributed by atoms with Gasteiger partial charge in [-0.05, 0) is 25.5 Å². The number of thioether (sulfide) groups is 1. The molecule has 1 aliphatic heterocycles. The van der Waals surface area contributed by atoms with E-state index in [1.54, 1.807) is 17.8 Å². The van der Waals surface area contributed by atoms with Gasteiger partial charge in [-0.1, -0.05) is 18.7 Å². The lowest BCUT2D eigenvalue weighted by molar-refractivity contribution is 0.0972. The fourth-order valence-electron chi connectivity index (χ4n) is 3.03. The number of piperidine rings is 1. The number of carbonyl (C=O) groups is 1. The molecule has 130 valence electrons. The molecular weight excluding hydrogens is 326 g/mol. The molecule has 1 aliphatic rings. The first-order valence-corrected chi connectivity index (χ1v) is 9.22. The number of nitrogens with zero attached hydrogens (tertiary/aromatic N) is 3. The summed E-state index contributed by atoms with van der Waals surface area (Å²) >= 11 is 1.60. The maximum Gasteiger partial charge on any atom is 0.284 e. The molecule has 3 heterocycles. The molecule has 0 unspecified atom stereocenters. The molecule has 3 N–H and O–H groups in total. The van der Waals surface area contributed by atoms with Gasteiger partial charge in [-0.15, -0.1) is 10.2 Å². The van der Waals surface area contributed by atoms with Crippen LogP contribution in [0, 0.1) is 0 Å². The highest BCUT2D eigenvalue weighted by atomic mass is 32.2. The number of primary amides is 1. The lowest BCUT2D eigenvalue weighted by Crippen LogP contribution is -2.29. The molecule has 0 spiro atoms. The number of hydrogen-bond donors (Lipinski definition) is 2. The molecule has 3 rings (SSSR count). The summed E-state index contributed by atoms with van der Waals surface area (Å²) in [6.07, 6.45) is 3.04. The highest BCUT2D eigenvalue weighted by molar-refractivity contribution is 7.98. The van der Waals surface area contributed by atoms with E-state index in [-0.39, 0.29) is 5.76 Å². The molecule has 0 saturated carbocycles. The molecule has 0 aromatic carbocycles. The van der Waals surface area contributed by atoms with Gasteiger partial charge in [0.05, 0.1) is 0 Å². The van der Waals surface area contributed by atoms with Crippen LogP contribution in [0.5, 0.6) is 0 Å². The molecule has 1 saturated heterocycles. The SMILES string of the molecule is CCc1oc(C(N)=O)cc1CSc1nnc([C@H]2CCCNC2)n1C. The first-order chi connectivity index (χ1) is 11.6. The number of furan rings is 1. The third kappa shape index (κ3) is 3.49. The summed E-state index contributed by atoms with van der Waals surface area (Å²) in [4.78, 5) is 11.3. The van der Waals surface area contributed by atoms with Crippen molar-refractivity contribution in [2.45, 2.75) is 43.0 Å². The van der Waals surface area contributed by atoms with Crippen LogP contribution in [-0.4, -0.2) is 33.8 Å². The van der Waals surface area contributed by atoms with Crippen LogP contribution < -0.4 is 11.1 Å². The molecule has 0 radical (unpaired) electrons. The summed E-state index contributed by atoms with van der Waals surface area (Å²) in [6, 6.07) is 1.73. The van der Waals surface area contributed by atoms with Gasteiger partial charge in [-0.25, -0.2) is 0 Å². The largest absolute Gasteiger partial charge is 0.456 e. The van der Waals surface area contributed by atoms with Crippen molar-refractivity contribution in [3.8, 4) is 0 Å². The Morgan fingerprint density at radius 1 is 1.54 bits per heavy atom. The van der Waals surface area contributed by atoms with Crippen LogP contribution in [0.2, 0.25) is 0 Å². The monoisotopic (exact) mass is 349 g/mol. The van der Waals surface area contributed by atoms with Gasteiger partial charge in [0, 0.05) is 37.2 Å². The Kier molecular flexibility index (Phi) is 5.25. The first-order valence-electron chi connectivity index (χ1n) is 8.24. The van der Waals surface area contributed by atoms with Crippen molar-refractivity contribution in [2.75, 3.05) is 13.1 Å². The van der Waals surface area contributed by atoms with Crippen molar-refractivity contribution in [1.82, 2.24) is 20.1 Å². The van der Waals surface area contributed by atoms with Crippen molar-refractivity contribution in [3.63, 3.8) is 0 Å². The van der Waals surface area contributed by atoms with E-state index in [9.17, 15) is 4.79 Å². The number of carbonyl (C=O) groups excluding carboxylic acids is 1. The summed E-state index contributed by atoms with van der Waals surface area (Å²) in [7, 11) is 2.01. The highest BCUT2D eigenvalue weighted by Gasteiger charge is 2.22. The second-order valence-corrected chi connectivity index (χ2v) is 6.95. The lowest BCUT2D eigenvalue weighted by atomic mass is 9.99. The third-order valence-electron chi connectivity index (χ3n) is 4.35. The Morgan fingerprint density at radius 2 is 2.38 bits per heavy atom. The molecule has 1 atom stereocenters. The van der Waals surface area contributed by atoms with E-state index < -0.39 is 5.91 Å². The van der Waals surface area contributed by atoms with E-state index in [0.29, 0.717) is 11.7 Å². The topological polar surface area (TPSA) is 99.0 Å². The zero-order chi connectivity index (χ0) is 17.1. The van der Waals surface area contributed by atoms with E-state index >= 15 is 0 Å². The number of hydrogen-bond acceptors (Lipinski definition) is 6. The number of rotatable bonds is 6. The average molecular weight is 349 g/mol. The number of nitrogens with two attached hydrogens (primary N) is 1. The molecule has 1 fully saturated rings. The van der Waals surface area contributed by atoms with Crippen molar-refractivity contribution in [3.05, 3.63) is 29.0 Å². The van der Waals surface area contributed by atoms with Crippen molar-refractivity contribution >= 4 is 17.7 Å². The van der Waals surface area contributed by atoms with E-state index in [0.717, 1.165) is 48.2 Å². The summed E-state index contributed by atoms with van der Waals surface area (Å²) in [5.74, 6) is 2.61. The van der Waals surface area contributed by atoms with E-state index in [1.807, 2.05) is 14.0 Å². The summed E-state index contributed by atoms with van der Waals surface area (Å²) in [5, 5.41) is 13.0. The first kappa shape index (κ1) is 17.0. The highest BCUT2D eigenvalue weighted by Crippen LogP contribution is 2.28. The van der Waals surface area contributed by atoms with Crippen LogP contribution in [-0.2, 0) is 19.2 Å². The Bertz CT molecular complexity index is 718. The summed E-state index contributed by atoms with van der Waals surface area (Å²) in [6.45, 7) is 4.03. The van der Waals surface area contributed by atoms with Crippen molar-refractivity contribution in [1.29, 1.82) is 0 Å². The quantitative estimate of drug-likeness (QED) is 0.772. The zero-order valence-electron chi connectivity index (χ0n) is 14.0. The number of amides is 1. The Hall–Kier alpha value is -1.80. The summed E-state index contributed by atoms with van der Waals surface area (Å²) in [5.41, 5.74) is 6.28. The van der Waals surface area contributed by atoms with Gasteiger partial charge < -0.3 is 20.0 Å². The molecular formula is C16H23N5O2S. The van der Waals surface area contributed by atoms with Crippen LogP contribution in [0.25, 0.3) is 0 Å². The number of aromatic nitrogens is 3. The van der Waals surface area contributed by atoms with E-state index in [2.05, 4.69) is 20.1 Å². The smallest absolute Gasteiger partial charge is 0.284 e. The Balaban J connectivity index is 1.71. The maximum atomic E-state index is 11.3. The minimum Gasteiger partial charge on any atom is -0.456 e. The Labute approximate surface area is 145 Å². The second-order valence-electron chi connectivity index (χ2n) is 6.01. The van der Waals surface area contributed by atoms with Crippen LogP contribution in [0.3, 0.4) is 0 Å².